The Balaban J connectivity index is 1.81. The number of nitrogens with zero attached hydrogens (tertiary/aromatic N) is 3. The molecule has 6 nitrogen and oxygen atoms in total. The number of carbonyl (C=O) groups excluding carboxylic acids is 1. The lowest BCUT2D eigenvalue weighted by atomic mass is 10.1. The molecule has 0 saturated heterocycles. The average molecular weight is 373 g/mol. The number of fused-ring (bicyclic) bond motifs is 1. The van der Waals surface area contributed by atoms with E-state index in [1.54, 1.807) is 24.5 Å². The van der Waals surface area contributed by atoms with Crippen LogP contribution in [0.5, 0.6) is 0 Å². The number of hydrogen-bond donors (Lipinski definition) is 1. The lowest BCUT2D eigenvalue weighted by Gasteiger charge is -2.10. The number of rotatable bonds is 4. The summed E-state index contributed by atoms with van der Waals surface area (Å²) in [6, 6.07) is 7.21. The second kappa shape index (κ2) is 6.70. The topological polar surface area (TPSA) is 77.0 Å². The second-order valence-corrected chi connectivity index (χ2v) is 5.62. The summed E-state index contributed by atoms with van der Waals surface area (Å²) in [4.78, 5) is 24.0. The minimum absolute atomic E-state index is 0.362. The van der Waals surface area contributed by atoms with E-state index in [2.05, 4.69) is 36.2 Å². The summed E-state index contributed by atoms with van der Waals surface area (Å²) in [5.41, 5.74) is 2.28. The van der Waals surface area contributed by atoms with Gasteiger partial charge in [-0.3, -0.25) is 4.98 Å². The van der Waals surface area contributed by atoms with Gasteiger partial charge in [0, 0.05) is 22.6 Å². The normalized spacial score (nSPS) is 10.5. The number of esters is 1. The Kier molecular flexibility index (Phi) is 4.47. The van der Waals surface area contributed by atoms with Gasteiger partial charge < -0.3 is 10.1 Å². The molecule has 0 unspecified atom stereocenters. The SMILES string of the molecule is COC(=O)c1ccc(CNc2ncnc3cnccc23)c(Br)c1. The average Bonchev–Trinajstić information content (AvgIpc) is 2.60. The van der Waals surface area contributed by atoms with Crippen molar-refractivity contribution in [2.24, 2.45) is 0 Å². The van der Waals surface area contributed by atoms with Crippen LogP contribution in [-0.4, -0.2) is 28.0 Å². The minimum atomic E-state index is -0.362. The minimum Gasteiger partial charge on any atom is -0.465 e. The van der Waals surface area contributed by atoms with Crippen molar-refractivity contribution in [2.45, 2.75) is 6.54 Å². The molecule has 7 heteroatoms. The molecule has 0 saturated carbocycles. The Labute approximate surface area is 141 Å². The first-order valence-corrected chi connectivity index (χ1v) is 7.63. The Morgan fingerprint density at radius 1 is 1.30 bits per heavy atom. The summed E-state index contributed by atoms with van der Waals surface area (Å²) in [6.07, 6.45) is 4.91. The van der Waals surface area contributed by atoms with Crippen molar-refractivity contribution in [3.8, 4) is 0 Å². The van der Waals surface area contributed by atoms with Crippen LogP contribution < -0.4 is 5.32 Å². The smallest absolute Gasteiger partial charge is 0.337 e. The molecule has 0 aliphatic rings. The highest BCUT2D eigenvalue weighted by Crippen LogP contribution is 2.22. The number of hydrogen-bond acceptors (Lipinski definition) is 6. The number of methoxy groups -OCH3 is 1. The van der Waals surface area contributed by atoms with Crippen molar-refractivity contribution in [3.05, 3.63) is 58.6 Å². The lowest BCUT2D eigenvalue weighted by molar-refractivity contribution is 0.0600. The highest BCUT2D eigenvalue weighted by Gasteiger charge is 2.09. The van der Waals surface area contributed by atoms with Gasteiger partial charge in [-0.25, -0.2) is 14.8 Å². The number of halogens is 1. The maximum atomic E-state index is 11.5. The summed E-state index contributed by atoms with van der Waals surface area (Å²) in [6.45, 7) is 0.552. The summed E-state index contributed by atoms with van der Waals surface area (Å²) < 4.78 is 5.54. The molecule has 3 rings (SSSR count). The van der Waals surface area contributed by atoms with Crippen LogP contribution in [0.2, 0.25) is 0 Å². The lowest BCUT2D eigenvalue weighted by Crippen LogP contribution is -2.05. The molecular formula is C16H13BrN4O2. The van der Waals surface area contributed by atoms with Crippen LogP contribution in [0.3, 0.4) is 0 Å². The van der Waals surface area contributed by atoms with Crippen molar-refractivity contribution in [1.29, 1.82) is 0 Å². The molecule has 0 amide bonds. The quantitative estimate of drug-likeness (QED) is 0.708. The predicted octanol–water partition coefficient (Wildman–Crippen LogP) is 3.19. The number of carbonyl (C=O) groups is 1. The van der Waals surface area contributed by atoms with Crippen LogP contribution in [0.15, 0.2) is 47.5 Å². The molecule has 0 aliphatic heterocycles. The van der Waals surface area contributed by atoms with Crippen LogP contribution in [0.4, 0.5) is 5.82 Å². The maximum absolute atomic E-state index is 11.5. The molecule has 0 bridgehead atoms. The van der Waals surface area contributed by atoms with Crippen LogP contribution in [0.1, 0.15) is 15.9 Å². The van der Waals surface area contributed by atoms with E-state index >= 15 is 0 Å². The zero-order valence-electron chi connectivity index (χ0n) is 12.3. The molecule has 3 aromatic rings. The zero-order chi connectivity index (χ0) is 16.2. The summed E-state index contributed by atoms with van der Waals surface area (Å²) in [7, 11) is 1.36. The van der Waals surface area contributed by atoms with E-state index < -0.39 is 0 Å². The largest absolute Gasteiger partial charge is 0.465 e. The fraction of sp³-hybridized carbons (Fsp3) is 0.125. The van der Waals surface area contributed by atoms with Crippen molar-refractivity contribution < 1.29 is 9.53 Å². The monoisotopic (exact) mass is 372 g/mol. The Morgan fingerprint density at radius 3 is 2.96 bits per heavy atom. The number of aromatic nitrogens is 3. The molecule has 2 aromatic heterocycles. The van der Waals surface area contributed by atoms with Crippen LogP contribution >= 0.6 is 15.9 Å². The summed E-state index contributed by atoms with van der Waals surface area (Å²) >= 11 is 3.48. The number of pyridine rings is 1. The van der Waals surface area contributed by atoms with E-state index in [4.69, 9.17) is 4.74 Å². The Bertz CT molecular complexity index is 864. The first kappa shape index (κ1) is 15.4. The zero-order valence-corrected chi connectivity index (χ0v) is 13.9. The fourth-order valence-electron chi connectivity index (χ4n) is 2.16. The second-order valence-electron chi connectivity index (χ2n) is 4.77. The summed E-state index contributed by atoms with van der Waals surface area (Å²) in [5.74, 6) is 0.376. The molecule has 0 atom stereocenters. The maximum Gasteiger partial charge on any atom is 0.337 e. The van der Waals surface area contributed by atoms with Gasteiger partial charge >= 0.3 is 5.97 Å². The third-order valence-corrected chi connectivity index (χ3v) is 4.10. The molecule has 0 spiro atoms. The standard InChI is InChI=1S/C16H13BrN4O2/c1-23-16(22)10-2-3-11(13(17)6-10)7-19-15-12-4-5-18-8-14(12)20-9-21-15/h2-6,8-9H,7H2,1H3,(H,19,20,21). The van der Waals surface area contributed by atoms with E-state index in [1.165, 1.54) is 13.4 Å². The number of nitrogens with one attached hydrogen (secondary N) is 1. The predicted molar refractivity (Wildman–Crippen MR) is 90.1 cm³/mol. The van der Waals surface area contributed by atoms with Gasteiger partial charge in [0.2, 0.25) is 0 Å². The van der Waals surface area contributed by atoms with Gasteiger partial charge in [-0.05, 0) is 23.8 Å². The molecular weight excluding hydrogens is 360 g/mol. The van der Waals surface area contributed by atoms with Crippen LogP contribution in [0.25, 0.3) is 10.9 Å². The molecule has 116 valence electrons. The number of anilines is 1. The Morgan fingerprint density at radius 2 is 2.17 bits per heavy atom. The third-order valence-electron chi connectivity index (χ3n) is 3.36. The van der Waals surface area contributed by atoms with E-state index in [0.29, 0.717) is 12.1 Å². The van der Waals surface area contributed by atoms with Gasteiger partial charge in [0.25, 0.3) is 0 Å². The first-order chi connectivity index (χ1) is 11.2. The number of benzene rings is 1. The first-order valence-electron chi connectivity index (χ1n) is 6.84. The van der Waals surface area contributed by atoms with Crippen LogP contribution in [0, 0.1) is 0 Å². The molecule has 1 aromatic carbocycles. The Hall–Kier alpha value is -2.54. The molecule has 0 radical (unpaired) electrons. The van der Waals surface area contributed by atoms with Crippen molar-refractivity contribution >= 4 is 38.6 Å². The van der Waals surface area contributed by atoms with Gasteiger partial charge in [-0.1, -0.05) is 22.0 Å². The van der Waals surface area contributed by atoms with Crippen LogP contribution in [-0.2, 0) is 11.3 Å². The van der Waals surface area contributed by atoms with Gasteiger partial charge in [0.05, 0.1) is 24.4 Å². The number of ether oxygens (including phenoxy) is 1. The van der Waals surface area contributed by atoms with Crippen molar-refractivity contribution in [1.82, 2.24) is 15.0 Å². The van der Waals surface area contributed by atoms with Crippen molar-refractivity contribution in [3.63, 3.8) is 0 Å². The van der Waals surface area contributed by atoms with Gasteiger partial charge in [0.15, 0.2) is 0 Å². The van der Waals surface area contributed by atoms with Gasteiger partial charge in [-0.2, -0.15) is 0 Å². The highest BCUT2D eigenvalue weighted by molar-refractivity contribution is 9.10. The molecule has 0 fully saturated rings. The fourth-order valence-corrected chi connectivity index (χ4v) is 2.68. The van der Waals surface area contributed by atoms with Crippen molar-refractivity contribution in [2.75, 3.05) is 12.4 Å². The van der Waals surface area contributed by atoms with E-state index in [9.17, 15) is 4.79 Å². The molecule has 0 aliphatic carbocycles. The molecule has 23 heavy (non-hydrogen) atoms. The van der Waals surface area contributed by atoms with Gasteiger partial charge in [-0.15, -0.1) is 0 Å². The molecule has 1 N–H and O–H groups in total. The molecule has 2 heterocycles. The van der Waals surface area contributed by atoms with E-state index in [-0.39, 0.29) is 5.97 Å². The summed E-state index contributed by atoms with van der Waals surface area (Å²) in [5, 5.41) is 4.19. The third kappa shape index (κ3) is 3.29. The van der Waals surface area contributed by atoms with Gasteiger partial charge in [0.1, 0.15) is 12.1 Å². The van der Waals surface area contributed by atoms with E-state index in [1.807, 2.05) is 12.1 Å². The highest BCUT2D eigenvalue weighted by atomic mass is 79.9. The van der Waals surface area contributed by atoms with E-state index in [0.717, 1.165) is 26.8 Å².